The van der Waals surface area contributed by atoms with Crippen molar-refractivity contribution in [3.8, 4) is 0 Å². The number of carbonyl (C=O) groups is 1. The molecule has 23 heteroatoms. The monoisotopic (exact) mass is 637 g/mol. The summed E-state index contributed by atoms with van der Waals surface area (Å²) >= 11 is 0. The van der Waals surface area contributed by atoms with E-state index in [1.165, 1.54) is 0 Å². The van der Waals surface area contributed by atoms with E-state index < -0.39 is 94.4 Å². The number of ether oxygens (including phenoxy) is 1. The quantitative estimate of drug-likeness (QED) is 0.146. The summed E-state index contributed by atoms with van der Waals surface area (Å²) in [5, 5.41) is 11.1. The van der Waals surface area contributed by atoms with Crippen molar-refractivity contribution in [2.75, 3.05) is 18.6 Å². The maximum Gasteiger partial charge on any atom is 0.384 e. The maximum atomic E-state index is 13.7. The molecule has 39 heavy (non-hydrogen) atoms. The Balaban J connectivity index is 3.26. The van der Waals surface area contributed by atoms with Crippen molar-refractivity contribution in [3.05, 3.63) is 28.3 Å². The number of sulfone groups is 2. The van der Waals surface area contributed by atoms with E-state index in [-0.39, 0.29) is 12.1 Å². The van der Waals surface area contributed by atoms with Gasteiger partial charge in [0, 0.05) is 12.3 Å². The largest absolute Gasteiger partial charge is 0.458 e. The Morgan fingerprint density at radius 3 is 1.82 bits per heavy atom. The number of hydrogen-bond donors (Lipinski definition) is 0. The highest BCUT2D eigenvalue weighted by atomic mass is 32.2. The number of carbonyl (C=O) groups excluding carboxylic acids is 1. The third-order valence-corrected chi connectivity index (χ3v) is 7.29. The first-order chi connectivity index (χ1) is 17.1. The lowest BCUT2D eigenvalue weighted by molar-refractivity contribution is -0.414. The van der Waals surface area contributed by atoms with E-state index in [4.69, 9.17) is 0 Å². The molecular formula is C16H11F12NO8S2. The Morgan fingerprint density at radius 1 is 0.923 bits per heavy atom. The number of nitro benzene ring substituents is 1. The van der Waals surface area contributed by atoms with Crippen molar-refractivity contribution in [2.24, 2.45) is 0 Å². The van der Waals surface area contributed by atoms with E-state index in [2.05, 4.69) is 4.74 Å². The van der Waals surface area contributed by atoms with E-state index in [1.807, 2.05) is 0 Å². The van der Waals surface area contributed by atoms with Gasteiger partial charge in [0.05, 0.1) is 9.82 Å². The molecule has 0 aliphatic rings. The highest BCUT2D eigenvalue weighted by Gasteiger charge is 2.87. The van der Waals surface area contributed by atoms with Crippen LogP contribution in [0.2, 0.25) is 0 Å². The van der Waals surface area contributed by atoms with E-state index in [1.54, 1.807) is 0 Å². The lowest BCUT2D eigenvalue weighted by atomic mass is 9.94. The minimum absolute atomic E-state index is 0.194. The van der Waals surface area contributed by atoms with Crippen LogP contribution in [0.25, 0.3) is 0 Å². The average Bonchev–Trinajstić information content (AvgIpc) is 2.75. The summed E-state index contributed by atoms with van der Waals surface area (Å²) in [7, 11) is -9.54. The van der Waals surface area contributed by atoms with Crippen LogP contribution in [0.15, 0.2) is 28.0 Å². The maximum absolute atomic E-state index is 13.7. The van der Waals surface area contributed by atoms with Crippen LogP contribution in [-0.4, -0.2) is 82.4 Å². The van der Waals surface area contributed by atoms with Crippen molar-refractivity contribution in [2.45, 2.75) is 45.8 Å². The Hall–Kier alpha value is -2.85. The predicted molar refractivity (Wildman–Crippen MR) is 100.0 cm³/mol. The predicted octanol–water partition coefficient (Wildman–Crippen LogP) is 3.76. The summed E-state index contributed by atoms with van der Waals surface area (Å²) in [6.07, 6.45) is -5.19. The van der Waals surface area contributed by atoms with Gasteiger partial charge >= 0.3 is 42.0 Å². The molecule has 0 atom stereocenters. The van der Waals surface area contributed by atoms with Crippen LogP contribution < -0.4 is 0 Å². The molecule has 0 spiro atoms. The summed E-state index contributed by atoms with van der Waals surface area (Å²) in [4.78, 5) is 19.0. The van der Waals surface area contributed by atoms with E-state index >= 15 is 0 Å². The summed E-state index contributed by atoms with van der Waals surface area (Å²) < 4.78 is 208. The van der Waals surface area contributed by atoms with Crippen LogP contribution in [0, 0.1) is 10.1 Å². The number of nitro groups is 1. The molecule has 1 rings (SSSR count). The van der Waals surface area contributed by atoms with E-state index in [0.717, 1.165) is 0 Å². The second-order valence-corrected chi connectivity index (χ2v) is 11.4. The zero-order valence-corrected chi connectivity index (χ0v) is 19.9. The molecule has 0 bridgehead atoms. The molecule has 0 saturated carbocycles. The Labute approximate surface area is 208 Å². The van der Waals surface area contributed by atoms with E-state index in [9.17, 15) is 84.4 Å². The molecule has 0 aliphatic carbocycles. The molecule has 224 valence electrons. The first-order valence-corrected chi connectivity index (χ1v) is 12.7. The standard InChI is InChI=1S/C16H11F12NO8S2/c1-38(33,34)7-2-3-9(8(4-7)29(31)32)39(35,36)5-10(30)37-6-12(19,20)14(23,24)16(27,28)15(25,26)13(21,22)11(17)18/h2-4,11H,5-6H2,1H3. The van der Waals surface area contributed by atoms with Gasteiger partial charge in [-0.1, -0.05) is 0 Å². The number of esters is 1. The zero-order valence-electron chi connectivity index (χ0n) is 18.3. The lowest BCUT2D eigenvalue weighted by Gasteiger charge is -2.38. The van der Waals surface area contributed by atoms with Gasteiger partial charge in [0.1, 0.15) is 4.90 Å². The Bertz CT molecular complexity index is 1350. The van der Waals surface area contributed by atoms with Crippen molar-refractivity contribution in [3.63, 3.8) is 0 Å². The molecule has 9 nitrogen and oxygen atoms in total. The molecule has 0 fully saturated rings. The van der Waals surface area contributed by atoms with Gasteiger partial charge in [0.2, 0.25) is 0 Å². The second-order valence-electron chi connectivity index (χ2n) is 7.43. The van der Waals surface area contributed by atoms with Crippen molar-refractivity contribution in [1.82, 2.24) is 0 Å². The summed E-state index contributed by atoms with van der Waals surface area (Å²) in [6.45, 7) is -3.39. The van der Waals surface area contributed by atoms with Gasteiger partial charge < -0.3 is 4.74 Å². The number of halogens is 12. The molecule has 0 unspecified atom stereocenters. The van der Waals surface area contributed by atoms with Gasteiger partial charge in [-0.05, 0) is 12.1 Å². The summed E-state index contributed by atoms with van der Waals surface area (Å²) in [6, 6.07) is 0.929. The minimum Gasteiger partial charge on any atom is -0.458 e. The fourth-order valence-electron chi connectivity index (χ4n) is 2.44. The molecule has 1 aromatic rings. The van der Waals surface area contributed by atoms with Gasteiger partial charge in [-0.25, -0.2) is 25.6 Å². The first kappa shape index (κ1) is 34.2. The van der Waals surface area contributed by atoms with Gasteiger partial charge in [0.15, 0.2) is 32.0 Å². The van der Waals surface area contributed by atoms with Gasteiger partial charge in [-0.15, -0.1) is 0 Å². The molecule has 0 radical (unpaired) electrons. The Kier molecular flexibility index (Phi) is 9.01. The molecule has 0 saturated heterocycles. The van der Waals surface area contributed by atoms with Crippen LogP contribution in [0.4, 0.5) is 58.4 Å². The number of hydrogen-bond acceptors (Lipinski definition) is 8. The highest BCUT2D eigenvalue weighted by Crippen LogP contribution is 2.58. The van der Waals surface area contributed by atoms with Gasteiger partial charge in [0.25, 0.3) is 5.69 Å². The fraction of sp³-hybridized carbons (Fsp3) is 0.562. The Morgan fingerprint density at radius 2 is 1.41 bits per heavy atom. The minimum atomic E-state index is -7.91. The van der Waals surface area contributed by atoms with Crippen molar-refractivity contribution < 1.29 is 84.0 Å². The SMILES string of the molecule is CS(=O)(=O)c1ccc(S(=O)(=O)CC(=O)OCC(F)(F)C(F)(F)C(F)(F)C(F)(F)C(F)(F)C(F)F)c([N+](=O)[O-])c1. The normalized spacial score (nSPS) is 14.4. The fourth-order valence-corrected chi connectivity index (χ4v) is 4.36. The van der Waals surface area contributed by atoms with Crippen molar-refractivity contribution >= 4 is 31.3 Å². The lowest BCUT2D eigenvalue weighted by Crippen LogP contribution is -2.69. The molecule has 0 heterocycles. The van der Waals surface area contributed by atoms with Crippen LogP contribution in [0.1, 0.15) is 0 Å². The smallest absolute Gasteiger partial charge is 0.384 e. The molecule has 0 aliphatic heterocycles. The third kappa shape index (κ3) is 6.17. The van der Waals surface area contributed by atoms with Crippen molar-refractivity contribution in [1.29, 1.82) is 0 Å². The molecule has 0 aromatic heterocycles. The number of alkyl halides is 12. The van der Waals surface area contributed by atoms with Crippen LogP contribution in [-0.2, 0) is 29.2 Å². The molecule has 0 N–H and O–H groups in total. The number of nitrogens with zero attached hydrogens (tertiary/aromatic N) is 1. The number of benzene rings is 1. The van der Waals surface area contributed by atoms with E-state index in [0.29, 0.717) is 12.3 Å². The summed E-state index contributed by atoms with van der Waals surface area (Å²) in [5.74, 6) is -42.1. The second kappa shape index (κ2) is 10.3. The molecule has 0 amide bonds. The van der Waals surface area contributed by atoms with Gasteiger partial charge in [-0.2, -0.15) is 43.9 Å². The molecule has 1 aromatic carbocycles. The number of rotatable bonds is 12. The van der Waals surface area contributed by atoms with Gasteiger partial charge in [-0.3, -0.25) is 14.9 Å². The van der Waals surface area contributed by atoms with Crippen LogP contribution in [0.5, 0.6) is 0 Å². The van der Waals surface area contributed by atoms with Crippen LogP contribution in [0.3, 0.4) is 0 Å². The average molecular weight is 637 g/mol. The topological polar surface area (TPSA) is 138 Å². The van der Waals surface area contributed by atoms with Crippen LogP contribution >= 0.6 is 0 Å². The highest BCUT2D eigenvalue weighted by molar-refractivity contribution is 7.92. The molecular weight excluding hydrogens is 626 g/mol. The first-order valence-electron chi connectivity index (χ1n) is 9.12. The summed E-state index contributed by atoms with van der Waals surface area (Å²) in [5.41, 5.74) is -1.50. The third-order valence-electron chi connectivity index (χ3n) is 4.55. The zero-order chi connectivity index (χ0) is 31.2.